The fraction of sp³-hybridized carbons (Fsp3) is 0.0800. The zero-order valence-corrected chi connectivity index (χ0v) is 19.5. The third-order valence-electron chi connectivity index (χ3n) is 4.96. The Morgan fingerprint density at radius 3 is 1.33 bits per heavy atom. The van der Waals surface area contributed by atoms with Crippen LogP contribution >= 0.6 is 23.2 Å². The molecule has 0 spiro atoms. The molecule has 2 aromatic carbocycles. The lowest BCUT2D eigenvalue weighted by atomic mass is 9.95. The number of pyridine rings is 2. The van der Waals surface area contributed by atoms with Gasteiger partial charge in [-0.1, -0.05) is 23.2 Å². The number of benzene rings is 2. The van der Waals surface area contributed by atoms with E-state index in [1.54, 1.807) is 0 Å². The van der Waals surface area contributed by atoms with Crippen molar-refractivity contribution in [1.29, 1.82) is 0 Å². The number of carbonyl (C=O) groups excluding carboxylic acids is 1. The largest absolute Gasteiger partial charge is 0.435 e. The van der Waals surface area contributed by atoms with E-state index in [1.165, 1.54) is 73.1 Å². The van der Waals surface area contributed by atoms with Gasteiger partial charge in [0.15, 0.2) is 5.78 Å². The van der Waals surface area contributed by atoms with Crippen molar-refractivity contribution >= 4 is 29.0 Å². The van der Waals surface area contributed by atoms with Crippen LogP contribution in [0.25, 0.3) is 22.5 Å². The molecule has 0 bridgehead atoms. The van der Waals surface area contributed by atoms with Gasteiger partial charge in [-0.2, -0.15) is 17.6 Å². The Balaban J connectivity index is 1.78. The molecule has 0 amide bonds. The highest BCUT2D eigenvalue weighted by atomic mass is 35.5. The summed E-state index contributed by atoms with van der Waals surface area (Å²) in [6, 6.07) is 13.9. The van der Waals surface area contributed by atoms with Crippen LogP contribution in [-0.2, 0) is 0 Å². The maximum atomic E-state index is 13.8. The summed E-state index contributed by atoms with van der Waals surface area (Å²) in [6.45, 7) is -5.97. The van der Waals surface area contributed by atoms with Gasteiger partial charge in [0.25, 0.3) is 0 Å². The Hall–Kier alpha value is -3.69. The van der Waals surface area contributed by atoms with Gasteiger partial charge >= 0.3 is 13.2 Å². The Bertz CT molecular complexity index is 1280. The first-order chi connectivity index (χ1) is 17.2. The van der Waals surface area contributed by atoms with Gasteiger partial charge in [-0.25, -0.2) is 0 Å². The summed E-state index contributed by atoms with van der Waals surface area (Å²) in [7, 11) is 0. The van der Waals surface area contributed by atoms with Crippen molar-refractivity contribution in [3.05, 3.63) is 94.2 Å². The molecule has 36 heavy (non-hydrogen) atoms. The van der Waals surface area contributed by atoms with E-state index >= 15 is 0 Å². The van der Waals surface area contributed by atoms with Crippen molar-refractivity contribution in [3.63, 3.8) is 0 Å². The second-order valence-electron chi connectivity index (χ2n) is 7.17. The van der Waals surface area contributed by atoms with Crippen molar-refractivity contribution in [2.75, 3.05) is 0 Å². The molecule has 0 saturated carbocycles. The molecule has 0 atom stereocenters. The molecule has 0 radical (unpaired) electrons. The van der Waals surface area contributed by atoms with Crippen LogP contribution in [0.4, 0.5) is 17.6 Å². The van der Waals surface area contributed by atoms with Gasteiger partial charge in [-0.15, -0.1) is 0 Å². The molecular formula is C25H14Cl2F4N2O3. The molecule has 5 nitrogen and oxygen atoms in total. The normalized spacial score (nSPS) is 11.1. The van der Waals surface area contributed by atoms with Crippen LogP contribution < -0.4 is 9.47 Å². The number of ether oxygens (including phenoxy) is 2. The Morgan fingerprint density at radius 2 is 1.00 bits per heavy atom. The first kappa shape index (κ1) is 25.4. The Kier molecular flexibility index (Phi) is 7.71. The minimum atomic E-state index is -2.99. The first-order valence-corrected chi connectivity index (χ1v) is 10.9. The van der Waals surface area contributed by atoms with Crippen molar-refractivity contribution < 1.29 is 31.8 Å². The maximum Gasteiger partial charge on any atom is 0.387 e. The second kappa shape index (κ2) is 10.9. The Morgan fingerprint density at radius 1 is 0.639 bits per heavy atom. The van der Waals surface area contributed by atoms with Gasteiger partial charge in [0.05, 0.1) is 32.6 Å². The molecular weight excluding hydrogens is 523 g/mol. The quantitative estimate of drug-likeness (QED) is 0.172. The van der Waals surface area contributed by atoms with Gasteiger partial charge in [-0.05, 0) is 60.7 Å². The number of halogens is 6. The predicted octanol–water partition coefficient (Wildman–Crippen LogP) is 7.55. The topological polar surface area (TPSA) is 61.3 Å². The van der Waals surface area contributed by atoms with Crippen LogP contribution in [0.5, 0.6) is 11.5 Å². The molecule has 0 aliphatic carbocycles. The molecule has 0 unspecified atom stereocenters. The fourth-order valence-corrected chi connectivity index (χ4v) is 3.92. The van der Waals surface area contributed by atoms with Gasteiger partial charge < -0.3 is 9.47 Å². The summed E-state index contributed by atoms with van der Waals surface area (Å²) >= 11 is 12.8. The predicted molar refractivity (Wildman–Crippen MR) is 126 cm³/mol. The summed E-state index contributed by atoms with van der Waals surface area (Å²) < 4.78 is 58.7. The standard InChI is InChI=1S/C25H14Cl2F4N2O3/c26-17-9-11-32-21(13-1-5-15(6-2-13)35-24(28)29)19(17)23(34)20-18(27)10-12-33-22(20)14-3-7-16(8-4-14)36-25(30)31/h1-12,24-25H. The highest BCUT2D eigenvalue weighted by Gasteiger charge is 2.25. The number of hydrogen-bond donors (Lipinski definition) is 0. The van der Waals surface area contributed by atoms with Crippen molar-refractivity contribution in [1.82, 2.24) is 9.97 Å². The highest BCUT2D eigenvalue weighted by molar-refractivity contribution is 6.39. The van der Waals surface area contributed by atoms with Crippen LogP contribution in [0.3, 0.4) is 0 Å². The molecule has 0 fully saturated rings. The van der Waals surface area contributed by atoms with E-state index in [0.717, 1.165) is 0 Å². The van der Waals surface area contributed by atoms with Gasteiger partial charge in [0, 0.05) is 23.5 Å². The minimum Gasteiger partial charge on any atom is -0.435 e. The molecule has 4 rings (SSSR count). The minimum absolute atomic E-state index is 0.00972. The van der Waals surface area contributed by atoms with Gasteiger partial charge in [-0.3, -0.25) is 14.8 Å². The molecule has 0 N–H and O–H groups in total. The van der Waals surface area contributed by atoms with E-state index in [9.17, 15) is 22.4 Å². The average molecular weight is 537 g/mol. The molecule has 184 valence electrons. The van der Waals surface area contributed by atoms with Gasteiger partial charge in [0.1, 0.15) is 11.5 Å². The molecule has 11 heteroatoms. The molecule has 0 saturated heterocycles. The first-order valence-electron chi connectivity index (χ1n) is 10.2. The molecule has 0 aliphatic heterocycles. The third-order valence-corrected chi connectivity index (χ3v) is 5.59. The van der Waals surface area contributed by atoms with Crippen LogP contribution in [0.15, 0.2) is 73.1 Å². The summed E-state index contributed by atoms with van der Waals surface area (Å²) in [5.41, 5.74) is 1.21. The van der Waals surface area contributed by atoms with Crippen molar-refractivity contribution in [3.8, 4) is 34.0 Å². The summed E-state index contributed by atoms with van der Waals surface area (Å²) in [5, 5.41) is 0.147. The monoisotopic (exact) mass is 536 g/mol. The zero-order chi connectivity index (χ0) is 25.8. The van der Waals surface area contributed by atoms with E-state index in [4.69, 9.17) is 23.2 Å². The zero-order valence-electron chi connectivity index (χ0n) is 18.0. The van der Waals surface area contributed by atoms with Crippen LogP contribution in [0, 0.1) is 0 Å². The fourth-order valence-electron chi connectivity index (χ4n) is 3.46. The summed E-state index contributed by atoms with van der Waals surface area (Å²) in [6.07, 6.45) is 2.79. The van der Waals surface area contributed by atoms with E-state index in [2.05, 4.69) is 19.4 Å². The number of carbonyl (C=O) groups is 1. The maximum absolute atomic E-state index is 13.8. The highest BCUT2D eigenvalue weighted by Crippen LogP contribution is 2.35. The summed E-state index contributed by atoms with van der Waals surface area (Å²) in [5.74, 6) is -0.738. The van der Waals surface area contributed by atoms with E-state index in [-0.39, 0.29) is 44.1 Å². The Labute approximate surface area is 212 Å². The van der Waals surface area contributed by atoms with E-state index < -0.39 is 19.0 Å². The SMILES string of the molecule is O=C(c1c(Cl)ccnc1-c1ccc(OC(F)F)cc1)c1c(Cl)ccnc1-c1ccc(OC(F)F)cc1. The van der Waals surface area contributed by atoms with Crippen molar-refractivity contribution in [2.24, 2.45) is 0 Å². The van der Waals surface area contributed by atoms with Crippen LogP contribution in [-0.4, -0.2) is 29.0 Å². The lowest BCUT2D eigenvalue weighted by Crippen LogP contribution is -2.10. The smallest absolute Gasteiger partial charge is 0.387 e. The second-order valence-corrected chi connectivity index (χ2v) is 7.98. The number of nitrogens with zero attached hydrogens (tertiary/aromatic N) is 2. The average Bonchev–Trinajstić information content (AvgIpc) is 2.83. The lowest BCUT2D eigenvalue weighted by molar-refractivity contribution is -0.0505. The third kappa shape index (κ3) is 5.58. The van der Waals surface area contributed by atoms with Gasteiger partial charge in [0.2, 0.25) is 0 Å². The molecule has 4 aromatic rings. The number of aromatic nitrogens is 2. The lowest BCUT2D eigenvalue weighted by Gasteiger charge is -2.14. The number of ketones is 1. The number of rotatable bonds is 8. The van der Waals surface area contributed by atoms with E-state index in [0.29, 0.717) is 11.1 Å². The molecule has 0 aliphatic rings. The molecule has 2 heterocycles. The van der Waals surface area contributed by atoms with E-state index in [1.807, 2.05) is 0 Å². The molecule has 2 aromatic heterocycles. The number of hydrogen-bond acceptors (Lipinski definition) is 5. The summed E-state index contributed by atoms with van der Waals surface area (Å²) in [4.78, 5) is 22.4. The van der Waals surface area contributed by atoms with Crippen LogP contribution in [0.2, 0.25) is 10.0 Å². The van der Waals surface area contributed by atoms with Crippen molar-refractivity contribution in [2.45, 2.75) is 13.2 Å². The number of alkyl halides is 4. The van der Waals surface area contributed by atoms with Crippen LogP contribution in [0.1, 0.15) is 15.9 Å².